The summed E-state index contributed by atoms with van der Waals surface area (Å²) in [4.78, 5) is 2.33. The highest BCUT2D eigenvalue weighted by Crippen LogP contribution is 2.28. The lowest BCUT2D eigenvalue weighted by Crippen LogP contribution is -2.36. The van der Waals surface area contributed by atoms with Crippen molar-refractivity contribution in [2.24, 2.45) is 0 Å². The van der Waals surface area contributed by atoms with Crippen molar-refractivity contribution < 1.29 is 14.2 Å². The molecule has 1 N–H and O–H groups in total. The molecule has 0 amide bonds. The summed E-state index contributed by atoms with van der Waals surface area (Å²) in [5.41, 5.74) is 3.14. The SMILES string of the molecule is CCc1ccc(CN(CC(O)COCc2ccccc2F)C2CC2)cc1. The lowest BCUT2D eigenvalue weighted by atomic mass is 10.1. The summed E-state index contributed by atoms with van der Waals surface area (Å²) in [6, 6.07) is 15.8. The molecule has 2 aromatic rings. The topological polar surface area (TPSA) is 32.7 Å². The molecule has 26 heavy (non-hydrogen) atoms. The molecule has 1 atom stereocenters. The van der Waals surface area contributed by atoms with E-state index in [0.717, 1.165) is 13.0 Å². The molecule has 0 aromatic heterocycles. The Bertz CT molecular complexity index is 685. The number of hydrogen-bond donors (Lipinski definition) is 1. The van der Waals surface area contributed by atoms with E-state index in [1.54, 1.807) is 18.2 Å². The van der Waals surface area contributed by atoms with Crippen molar-refractivity contribution in [1.29, 1.82) is 0 Å². The number of rotatable bonds is 10. The summed E-state index contributed by atoms with van der Waals surface area (Å²) in [7, 11) is 0. The zero-order chi connectivity index (χ0) is 18.4. The van der Waals surface area contributed by atoms with E-state index in [0.29, 0.717) is 18.2 Å². The maximum Gasteiger partial charge on any atom is 0.128 e. The van der Waals surface area contributed by atoms with Crippen LogP contribution in [0.25, 0.3) is 0 Å². The minimum absolute atomic E-state index is 0.186. The van der Waals surface area contributed by atoms with E-state index in [1.165, 1.54) is 30.0 Å². The lowest BCUT2D eigenvalue weighted by molar-refractivity contribution is 0.00633. The largest absolute Gasteiger partial charge is 0.389 e. The molecule has 1 aliphatic carbocycles. The predicted octanol–water partition coefficient (Wildman–Crippen LogP) is 3.93. The minimum Gasteiger partial charge on any atom is -0.389 e. The highest BCUT2D eigenvalue weighted by atomic mass is 19.1. The van der Waals surface area contributed by atoms with Gasteiger partial charge in [0.15, 0.2) is 0 Å². The molecule has 1 fully saturated rings. The summed E-state index contributed by atoms with van der Waals surface area (Å²) < 4.78 is 19.1. The van der Waals surface area contributed by atoms with Crippen molar-refractivity contribution in [1.82, 2.24) is 4.90 Å². The van der Waals surface area contributed by atoms with Crippen LogP contribution in [-0.4, -0.2) is 35.3 Å². The number of hydrogen-bond acceptors (Lipinski definition) is 3. The van der Waals surface area contributed by atoms with E-state index in [9.17, 15) is 9.50 Å². The first-order valence-corrected chi connectivity index (χ1v) is 9.46. The van der Waals surface area contributed by atoms with Crippen LogP contribution < -0.4 is 0 Å². The average molecular weight is 357 g/mol. The summed E-state index contributed by atoms with van der Waals surface area (Å²) in [5, 5.41) is 10.3. The number of halogens is 1. The third kappa shape index (κ3) is 5.63. The van der Waals surface area contributed by atoms with Crippen molar-refractivity contribution in [3.05, 3.63) is 71.0 Å². The van der Waals surface area contributed by atoms with Crippen molar-refractivity contribution >= 4 is 0 Å². The van der Waals surface area contributed by atoms with Gasteiger partial charge >= 0.3 is 0 Å². The predicted molar refractivity (Wildman–Crippen MR) is 101 cm³/mol. The molecule has 1 unspecified atom stereocenters. The van der Waals surface area contributed by atoms with Crippen LogP contribution in [0.5, 0.6) is 0 Å². The van der Waals surface area contributed by atoms with Crippen LogP contribution in [0, 0.1) is 5.82 Å². The number of ether oxygens (including phenoxy) is 1. The average Bonchev–Trinajstić information content (AvgIpc) is 3.48. The molecular formula is C22H28FNO2. The molecule has 0 heterocycles. The molecule has 0 spiro atoms. The van der Waals surface area contributed by atoms with Crippen LogP contribution in [0.4, 0.5) is 4.39 Å². The van der Waals surface area contributed by atoms with E-state index in [-0.39, 0.29) is 19.0 Å². The van der Waals surface area contributed by atoms with Gasteiger partial charge in [-0.1, -0.05) is 49.4 Å². The fourth-order valence-electron chi connectivity index (χ4n) is 3.14. The van der Waals surface area contributed by atoms with Gasteiger partial charge in [-0.15, -0.1) is 0 Å². The van der Waals surface area contributed by atoms with E-state index in [2.05, 4.69) is 36.1 Å². The first-order valence-electron chi connectivity index (χ1n) is 9.46. The fourth-order valence-corrected chi connectivity index (χ4v) is 3.14. The Hall–Kier alpha value is -1.75. The van der Waals surface area contributed by atoms with Crippen molar-refractivity contribution in [2.45, 2.75) is 51.5 Å². The van der Waals surface area contributed by atoms with E-state index >= 15 is 0 Å². The van der Waals surface area contributed by atoms with E-state index < -0.39 is 6.10 Å². The second kappa shape index (κ2) is 9.26. The Kier molecular flexibility index (Phi) is 6.78. The Morgan fingerprint density at radius 1 is 1.12 bits per heavy atom. The molecule has 0 bridgehead atoms. The second-order valence-corrected chi connectivity index (χ2v) is 7.09. The molecule has 4 heteroatoms. The highest BCUT2D eigenvalue weighted by Gasteiger charge is 2.30. The zero-order valence-electron chi connectivity index (χ0n) is 15.4. The van der Waals surface area contributed by atoms with Crippen LogP contribution in [0.15, 0.2) is 48.5 Å². The third-order valence-corrected chi connectivity index (χ3v) is 4.85. The number of aryl methyl sites for hydroxylation is 1. The van der Waals surface area contributed by atoms with Gasteiger partial charge in [-0.3, -0.25) is 4.90 Å². The van der Waals surface area contributed by atoms with Crippen LogP contribution in [-0.2, 0) is 24.3 Å². The highest BCUT2D eigenvalue weighted by molar-refractivity contribution is 5.22. The Balaban J connectivity index is 1.47. The molecule has 0 saturated heterocycles. The van der Waals surface area contributed by atoms with Crippen LogP contribution in [0.1, 0.15) is 36.5 Å². The quantitative estimate of drug-likeness (QED) is 0.699. The molecule has 140 valence electrons. The van der Waals surface area contributed by atoms with E-state index in [1.807, 2.05) is 0 Å². The Morgan fingerprint density at radius 2 is 1.81 bits per heavy atom. The number of benzene rings is 2. The number of aliphatic hydroxyl groups excluding tert-OH is 1. The third-order valence-electron chi connectivity index (χ3n) is 4.85. The van der Waals surface area contributed by atoms with E-state index in [4.69, 9.17) is 4.74 Å². The minimum atomic E-state index is -0.572. The maximum absolute atomic E-state index is 13.6. The zero-order valence-corrected chi connectivity index (χ0v) is 15.4. The van der Waals surface area contributed by atoms with Crippen molar-refractivity contribution in [3.8, 4) is 0 Å². The van der Waals surface area contributed by atoms with Crippen molar-refractivity contribution in [3.63, 3.8) is 0 Å². The molecule has 2 aromatic carbocycles. The summed E-state index contributed by atoms with van der Waals surface area (Å²) in [6.07, 6.45) is 2.86. The summed E-state index contributed by atoms with van der Waals surface area (Å²) >= 11 is 0. The van der Waals surface area contributed by atoms with Crippen molar-refractivity contribution in [2.75, 3.05) is 13.2 Å². The molecule has 3 rings (SSSR count). The van der Waals surface area contributed by atoms with Gasteiger partial charge in [0.2, 0.25) is 0 Å². The molecule has 1 saturated carbocycles. The van der Waals surface area contributed by atoms with Gasteiger partial charge in [0.1, 0.15) is 5.82 Å². The number of aliphatic hydroxyl groups is 1. The molecule has 1 aliphatic rings. The van der Waals surface area contributed by atoms with Crippen LogP contribution in [0.2, 0.25) is 0 Å². The smallest absolute Gasteiger partial charge is 0.128 e. The van der Waals surface area contributed by atoms with Gasteiger partial charge in [-0.05, 0) is 36.5 Å². The van der Waals surface area contributed by atoms with Gasteiger partial charge < -0.3 is 9.84 Å². The van der Waals surface area contributed by atoms with Crippen LogP contribution in [0.3, 0.4) is 0 Å². The molecule has 3 nitrogen and oxygen atoms in total. The summed E-state index contributed by atoms with van der Waals surface area (Å²) in [5.74, 6) is -0.267. The van der Waals surface area contributed by atoms with Crippen LogP contribution >= 0.6 is 0 Å². The second-order valence-electron chi connectivity index (χ2n) is 7.09. The monoisotopic (exact) mass is 357 g/mol. The fraction of sp³-hybridized carbons (Fsp3) is 0.455. The Labute approximate surface area is 155 Å². The maximum atomic E-state index is 13.6. The molecule has 0 radical (unpaired) electrons. The Morgan fingerprint density at radius 3 is 2.46 bits per heavy atom. The van der Waals surface area contributed by atoms with Gasteiger partial charge in [-0.2, -0.15) is 0 Å². The molecular weight excluding hydrogens is 329 g/mol. The first-order chi connectivity index (χ1) is 12.7. The van der Waals surface area contributed by atoms with Gasteiger partial charge in [0.05, 0.1) is 19.3 Å². The van der Waals surface area contributed by atoms with Gasteiger partial charge in [0.25, 0.3) is 0 Å². The first kappa shape index (κ1) is 19.0. The van der Waals surface area contributed by atoms with Gasteiger partial charge in [-0.25, -0.2) is 4.39 Å². The lowest BCUT2D eigenvalue weighted by Gasteiger charge is -2.25. The van der Waals surface area contributed by atoms with Gasteiger partial charge in [0, 0.05) is 24.7 Å². The summed E-state index contributed by atoms with van der Waals surface area (Å²) in [6.45, 7) is 3.98. The standard InChI is InChI=1S/C22H28FNO2/c1-2-17-7-9-18(10-8-17)13-24(20-11-12-20)14-21(25)16-26-15-19-5-3-4-6-22(19)23/h3-10,20-21,25H,2,11-16H2,1H3. The number of nitrogens with zero attached hydrogens (tertiary/aromatic N) is 1. The normalized spacial score (nSPS) is 15.4. The molecule has 0 aliphatic heterocycles.